The number of fused-ring (bicyclic) bond motifs is 3. The van der Waals surface area contributed by atoms with Crippen LogP contribution in [0, 0.1) is 0 Å². The van der Waals surface area contributed by atoms with E-state index in [0.29, 0.717) is 23.7 Å². The summed E-state index contributed by atoms with van der Waals surface area (Å²) in [6, 6.07) is 11.7. The number of para-hydroxylation sites is 1. The van der Waals surface area contributed by atoms with E-state index in [2.05, 4.69) is 5.32 Å². The second-order valence-electron chi connectivity index (χ2n) is 8.38. The zero-order valence-corrected chi connectivity index (χ0v) is 19.7. The Bertz CT molecular complexity index is 1190. The lowest BCUT2D eigenvalue weighted by Gasteiger charge is -2.28. The highest BCUT2D eigenvalue weighted by molar-refractivity contribution is 6.11. The van der Waals surface area contributed by atoms with E-state index in [1.54, 1.807) is 42.5 Å². The predicted molar refractivity (Wildman–Crippen MR) is 121 cm³/mol. The minimum Gasteiger partial charge on any atom is -0.383 e. The van der Waals surface area contributed by atoms with Gasteiger partial charge in [0.25, 0.3) is 23.4 Å². The van der Waals surface area contributed by atoms with Crippen molar-refractivity contribution in [3.05, 3.63) is 54.1 Å². The number of nitrogens with one attached hydrogen (secondary N) is 2. The number of anilines is 1. The highest BCUT2D eigenvalue weighted by Crippen LogP contribution is 2.40. The molecule has 1 aliphatic heterocycles. The second-order valence-corrected chi connectivity index (χ2v) is 8.38. The van der Waals surface area contributed by atoms with E-state index >= 15 is 4.39 Å². The first kappa shape index (κ1) is 28.0. The largest absolute Gasteiger partial charge is 0.455 e. The number of benzene rings is 2. The molecule has 0 radical (unpaired) electrons. The minimum absolute atomic E-state index is 0.0482. The van der Waals surface area contributed by atoms with Crippen LogP contribution in [0.25, 0.3) is 11.1 Å². The molecule has 0 unspecified atom stereocenters. The summed E-state index contributed by atoms with van der Waals surface area (Å²) in [6.45, 7) is -1.72. The van der Waals surface area contributed by atoms with Gasteiger partial charge in [0.05, 0.1) is 18.8 Å². The van der Waals surface area contributed by atoms with Crippen molar-refractivity contribution in [3.8, 4) is 11.1 Å². The van der Waals surface area contributed by atoms with E-state index in [0.717, 1.165) is 5.32 Å². The first-order valence-corrected chi connectivity index (χ1v) is 10.9. The molecule has 1 heterocycles. The topological polar surface area (TPSA) is 87.7 Å². The number of methoxy groups -OCH3 is 1. The van der Waals surface area contributed by atoms with Gasteiger partial charge in [-0.2, -0.15) is 22.0 Å². The molecule has 37 heavy (non-hydrogen) atoms. The Morgan fingerprint density at radius 3 is 2.16 bits per heavy atom. The molecule has 0 bridgehead atoms. The maximum atomic E-state index is 15.2. The smallest absolute Gasteiger partial charge is 0.383 e. The van der Waals surface area contributed by atoms with Crippen LogP contribution in [-0.4, -0.2) is 62.3 Å². The van der Waals surface area contributed by atoms with Crippen molar-refractivity contribution in [3.63, 3.8) is 0 Å². The van der Waals surface area contributed by atoms with Gasteiger partial charge >= 0.3 is 12.1 Å². The van der Waals surface area contributed by atoms with E-state index in [1.807, 2.05) is 0 Å². The molecule has 1 aliphatic rings. The summed E-state index contributed by atoms with van der Waals surface area (Å²) in [5, 5.41) is 3.26. The minimum atomic E-state index is -5.99. The predicted octanol–water partition coefficient (Wildman–Crippen LogP) is 3.55. The number of carbonyl (C=O) groups excluding carboxylic acids is 3. The van der Waals surface area contributed by atoms with Gasteiger partial charge in [-0.25, -0.2) is 4.39 Å². The molecule has 2 atom stereocenters. The van der Waals surface area contributed by atoms with Crippen molar-refractivity contribution < 1.29 is 45.5 Å². The Kier molecular flexibility index (Phi) is 7.86. The number of hydrogen-bond acceptors (Lipinski definition) is 4. The van der Waals surface area contributed by atoms with Crippen molar-refractivity contribution in [1.82, 2.24) is 10.6 Å². The number of rotatable bonds is 8. The van der Waals surface area contributed by atoms with Crippen LogP contribution in [0.3, 0.4) is 0 Å². The van der Waals surface area contributed by atoms with Crippen LogP contribution < -0.4 is 15.5 Å². The Morgan fingerprint density at radius 1 is 0.946 bits per heavy atom. The Morgan fingerprint density at radius 2 is 1.54 bits per heavy atom. The molecule has 0 saturated heterocycles. The van der Waals surface area contributed by atoms with Crippen molar-refractivity contribution in [1.29, 1.82) is 0 Å². The normalized spacial score (nSPS) is 17.2. The number of halogens is 6. The van der Waals surface area contributed by atoms with Gasteiger partial charge < -0.3 is 20.3 Å². The third-order valence-corrected chi connectivity index (χ3v) is 5.80. The van der Waals surface area contributed by atoms with Crippen LogP contribution in [0.15, 0.2) is 48.5 Å². The molecule has 7 nitrogen and oxygen atoms in total. The highest BCUT2D eigenvalue weighted by atomic mass is 19.4. The van der Waals surface area contributed by atoms with Crippen molar-refractivity contribution in [2.24, 2.45) is 0 Å². The van der Waals surface area contributed by atoms with Gasteiger partial charge in [-0.15, -0.1) is 0 Å². The quantitative estimate of drug-likeness (QED) is 0.403. The lowest BCUT2D eigenvalue weighted by molar-refractivity contribution is -0.278. The molecule has 0 fully saturated rings. The number of hydrogen-bond donors (Lipinski definition) is 2. The van der Waals surface area contributed by atoms with Gasteiger partial charge in [0.15, 0.2) is 0 Å². The summed E-state index contributed by atoms with van der Waals surface area (Å²) in [5.41, 5.74) is -1.72. The van der Waals surface area contributed by atoms with Crippen molar-refractivity contribution in [2.75, 3.05) is 31.7 Å². The molecular weight excluding hydrogens is 508 g/mol. The molecule has 3 rings (SSSR count). The van der Waals surface area contributed by atoms with Gasteiger partial charge in [0, 0.05) is 19.2 Å². The van der Waals surface area contributed by atoms with Gasteiger partial charge in [0.2, 0.25) is 0 Å². The van der Waals surface area contributed by atoms with Gasteiger partial charge in [-0.05, 0) is 24.1 Å². The SMILES string of the molecule is COCCN1C(=O)[C@@H](NC(=O)[C@](C)(F)C(=O)NCC(F)(F)C(F)(F)F)c2ccccc2-c2ccccc21. The fourth-order valence-electron chi connectivity index (χ4n) is 3.72. The van der Waals surface area contributed by atoms with Crippen LogP contribution in [0.1, 0.15) is 18.5 Å². The summed E-state index contributed by atoms with van der Waals surface area (Å²) in [4.78, 5) is 39.8. The second kappa shape index (κ2) is 10.4. The molecule has 3 amide bonds. The van der Waals surface area contributed by atoms with Crippen LogP contribution >= 0.6 is 0 Å². The molecule has 0 saturated carbocycles. The maximum Gasteiger partial charge on any atom is 0.455 e. The fraction of sp³-hybridized carbons (Fsp3) is 0.375. The third-order valence-electron chi connectivity index (χ3n) is 5.80. The number of alkyl halides is 6. The van der Waals surface area contributed by atoms with E-state index < -0.39 is 48.1 Å². The number of carbonyl (C=O) groups is 3. The highest BCUT2D eigenvalue weighted by Gasteiger charge is 2.58. The maximum absolute atomic E-state index is 15.2. The molecule has 2 aromatic rings. The molecule has 0 aliphatic carbocycles. The molecule has 2 aromatic carbocycles. The van der Waals surface area contributed by atoms with E-state index in [4.69, 9.17) is 4.74 Å². The van der Waals surface area contributed by atoms with Gasteiger partial charge in [-0.1, -0.05) is 42.5 Å². The first-order valence-electron chi connectivity index (χ1n) is 10.9. The number of amides is 3. The Labute approximate surface area is 207 Å². The molecule has 0 aromatic heterocycles. The van der Waals surface area contributed by atoms with E-state index in [-0.39, 0.29) is 18.7 Å². The summed E-state index contributed by atoms with van der Waals surface area (Å²) in [7, 11) is 1.41. The monoisotopic (exact) mass is 531 g/mol. The number of ether oxygens (including phenoxy) is 1. The van der Waals surface area contributed by atoms with E-state index in [1.165, 1.54) is 18.1 Å². The zero-order valence-electron chi connectivity index (χ0n) is 19.7. The molecule has 200 valence electrons. The van der Waals surface area contributed by atoms with Gasteiger partial charge in [0.1, 0.15) is 6.04 Å². The van der Waals surface area contributed by atoms with Gasteiger partial charge in [-0.3, -0.25) is 14.4 Å². The lowest BCUT2D eigenvalue weighted by atomic mass is 9.94. The molecule has 13 heteroatoms. The summed E-state index contributed by atoms with van der Waals surface area (Å²) < 4.78 is 83.7. The van der Waals surface area contributed by atoms with Crippen LogP contribution in [0.5, 0.6) is 0 Å². The van der Waals surface area contributed by atoms with E-state index in [9.17, 15) is 36.3 Å². The summed E-state index contributed by atoms with van der Waals surface area (Å²) >= 11 is 0. The standard InChI is InChI=1S/C24H23F6N3O4/c1-22(25,20(35)31-13-23(26,27)24(28,29)30)21(36)32-18-16-9-4-3-7-14(16)15-8-5-6-10-17(15)33(19(18)34)11-12-37-2/h3-10,18H,11-13H2,1-2H3,(H,31,35)(H,32,36)/t18-,22+/m0/s1. The average Bonchev–Trinajstić information content (AvgIpc) is 2.94. The average molecular weight is 531 g/mol. The van der Waals surface area contributed by atoms with Crippen LogP contribution in [-0.2, 0) is 19.1 Å². The van der Waals surface area contributed by atoms with Crippen molar-refractivity contribution in [2.45, 2.75) is 30.7 Å². The number of nitrogens with zero attached hydrogens (tertiary/aromatic N) is 1. The molecule has 0 spiro atoms. The third kappa shape index (κ3) is 5.55. The zero-order chi connectivity index (χ0) is 27.6. The fourth-order valence-corrected chi connectivity index (χ4v) is 3.72. The Balaban J connectivity index is 1.93. The van der Waals surface area contributed by atoms with Crippen LogP contribution in [0.4, 0.5) is 32.0 Å². The lowest BCUT2D eigenvalue weighted by Crippen LogP contribution is -2.57. The van der Waals surface area contributed by atoms with Crippen LogP contribution in [0.2, 0.25) is 0 Å². The Hall–Kier alpha value is -3.61. The van der Waals surface area contributed by atoms with Crippen molar-refractivity contribution >= 4 is 23.4 Å². The first-order chi connectivity index (χ1) is 17.2. The molecular formula is C24H23F6N3O4. The molecule has 2 N–H and O–H groups in total. The summed E-state index contributed by atoms with van der Waals surface area (Å²) in [5.74, 6) is -9.78. The summed E-state index contributed by atoms with van der Waals surface area (Å²) in [6.07, 6.45) is -5.99.